The lowest BCUT2D eigenvalue weighted by Gasteiger charge is -2.09. The van der Waals surface area contributed by atoms with Crippen LogP contribution in [0.25, 0.3) is 0 Å². The SMILES string of the molecule is Bc1cc(B)cc(OCc2ccc(OC)cc2)c1. The Balaban J connectivity index is 2.01. The van der Waals surface area contributed by atoms with Crippen molar-refractivity contribution in [3.63, 3.8) is 0 Å². The van der Waals surface area contributed by atoms with Crippen molar-refractivity contribution >= 4 is 26.6 Å². The van der Waals surface area contributed by atoms with Gasteiger partial charge in [-0.1, -0.05) is 29.1 Å². The molecule has 0 spiro atoms. The molecule has 0 saturated heterocycles. The molecule has 2 aromatic rings. The first kappa shape index (κ1) is 12.6. The van der Waals surface area contributed by atoms with Gasteiger partial charge in [0.15, 0.2) is 0 Å². The van der Waals surface area contributed by atoms with E-state index in [4.69, 9.17) is 9.47 Å². The summed E-state index contributed by atoms with van der Waals surface area (Å²) < 4.78 is 10.9. The second-order valence-electron chi connectivity index (χ2n) is 4.46. The summed E-state index contributed by atoms with van der Waals surface area (Å²) in [7, 11) is 5.82. The number of benzene rings is 2. The molecule has 0 radical (unpaired) electrons. The molecule has 18 heavy (non-hydrogen) atoms. The van der Waals surface area contributed by atoms with Gasteiger partial charge >= 0.3 is 0 Å². The van der Waals surface area contributed by atoms with E-state index >= 15 is 0 Å². The van der Waals surface area contributed by atoms with E-state index in [-0.39, 0.29) is 0 Å². The van der Waals surface area contributed by atoms with Gasteiger partial charge in [-0.3, -0.25) is 0 Å². The van der Waals surface area contributed by atoms with Gasteiger partial charge in [0.25, 0.3) is 0 Å². The molecular weight excluding hydrogens is 222 g/mol. The van der Waals surface area contributed by atoms with Gasteiger partial charge in [0, 0.05) is 0 Å². The second kappa shape index (κ2) is 5.67. The van der Waals surface area contributed by atoms with Crippen LogP contribution in [0.1, 0.15) is 5.56 Å². The summed E-state index contributed by atoms with van der Waals surface area (Å²) in [6, 6.07) is 14.2. The average molecular weight is 238 g/mol. The number of ether oxygens (including phenoxy) is 2. The fourth-order valence-corrected chi connectivity index (χ4v) is 1.90. The maximum absolute atomic E-state index is 5.79. The van der Waals surface area contributed by atoms with Gasteiger partial charge in [0.2, 0.25) is 0 Å². The Kier molecular flexibility index (Phi) is 3.98. The van der Waals surface area contributed by atoms with Crippen molar-refractivity contribution in [3.8, 4) is 11.5 Å². The smallest absolute Gasteiger partial charge is 0.139 e. The fraction of sp³-hybridized carbons (Fsp3) is 0.143. The average Bonchev–Trinajstić information content (AvgIpc) is 2.36. The highest BCUT2D eigenvalue weighted by molar-refractivity contribution is 6.38. The highest BCUT2D eigenvalue weighted by Gasteiger charge is 1.99. The predicted octanol–water partition coefficient (Wildman–Crippen LogP) is -0.209. The summed E-state index contributed by atoms with van der Waals surface area (Å²) in [5, 5.41) is 0. The number of hydrogen-bond donors (Lipinski definition) is 0. The number of methoxy groups -OCH3 is 1. The minimum atomic E-state index is 0.576. The zero-order valence-electron chi connectivity index (χ0n) is 11.1. The molecule has 2 rings (SSSR count). The van der Waals surface area contributed by atoms with E-state index < -0.39 is 0 Å². The van der Waals surface area contributed by atoms with Gasteiger partial charge in [-0.05, 0) is 29.8 Å². The van der Waals surface area contributed by atoms with Gasteiger partial charge in [0.05, 0.1) is 7.11 Å². The topological polar surface area (TPSA) is 18.5 Å². The molecule has 0 aromatic heterocycles. The van der Waals surface area contributed by atoms with Crippen LogP contribution >= 0.6 is 0 Å². The number of hydrogen-bond acceptors (Lipinski definition) is 2. The molecule has 0 aliphatic rings. The Bertz CT molecular complexity index is 504. The third-order valence-corrected chi connectivity index (χ3v) is 2.76. The lowest BCUT2D eigenvalue weighted by atomic mass is 9.87. The zero-order valence-corrected chi connectivity index (χ0v) is 11.1. The van der Waals surface area contributed by atoms with Crippen molar-refractivity contribution < 1.29 is 9.47 Å². The van der Waals surface area contributed by atoms with Gasteiger partial charge in [-0.25, -0.2) is 0 Å². The fourth-order valence-electron chi connectivity index (χ4n) is 1.90. The van der Waals surface area contributed by atoms with Crippen molar-refractivity contribution in [1.29, 1.82) is 0 Å². The highest BCUT2D eigenvalue weighted by atomic mass is 16.5. The maximum atomic E-state index is 5.79. The standard InChI is InChI=1S/C14H16B2O2/c1-17-13-4-2-10(3-5-13)9-18-14-7-11(15)6-12(16)8-14/h2-8H,9,15-16H2,1H3. The molecule has 0 heterocycles. The van der Waals surface area contributed by atoms with Gasteiger partial charge in [0.1, 0.15) is 33.8 Å². The molecule has 2 nitrogen and oxygen atoms in total. The van der Waals surface area contributed by atoms with E-state index in [1.54, 1.807) is 7.11 Å². The van der Waals surface area contributed by atoms with Crippen LogP contribution in [0.15, 0.2) is 42.5 Å². The van der Waals surface area contributed by atoms with Crippen molar-refractivity contribution in [2.75, 3.05) is 7.11 Å². The van der Waals surface area contributed by atoms with Crippen molar-refractivity contribution in [3.05, 3.63) is 48.0 Å². The van der Waals surface area contributed by atoms with Crippen molar-refractivity contribution in [2.24, 2.45) is 0 Å². The molecule has 0 unspecified atom stereocenters. The van der Waals surface area contributed by atoms with Crippen LogP contribution < -0.4 is 20.4 Å². The summed E-state index contributed by atoms with van der Waals surface area (Å²) >= 11 is 0. The van der Waals surface area contributed by atoms with Crippen LogP contribution in [0.4, 0.5) is 0 Å². The minimum Gasteiger partial charge on any atom is -0.497 e. The first-order chi connectivity index (χ1) is 8.67. The van der Waals surface area contributed by atoms with Crippen LogP contribution in [-0.4, -0.2) is 22.8 Å². The Morgan fingerprint density at radius 1 is 0.889 bits per heavy atom. The van der Waals surface area contributed by atoms with Gasteiger partial charge in [-0.15, -0.1) is 0 Å². The van der Waals surface area contributed by atoms with E-state index in [9.17, 15) is 0 Å². The zero-order chi connectivity index (χ0) is 13.0. The summed E-state index contributed by atoms with van der Waals surface area (Å²) in [4.78, 5) is 0. The monoisotopic (exact) mass is 238 g/mol. The lowest BCUT2D eigenvalue weighted by molar-refractivity contribution is 0.306. The molecule has 0 aliphatic carbocycles. The molecule has 0 fully saturated rings. The first-order valence-electron chi connectivity index (χ1n) is 6.01. The molecule has 0 saturated carbocycles. The van der Waals surface area contributed by atoms with E-state index in [2.05, 4.69) is 33.9 Å². The van der Waals surface area contributed by atoms with Gasteiger partial charge in [-0.2, -0.15) is 0 Å². The maximum Gasteiger partial charge on any atom is 0.139 e. The summed E-state index contributed by atoms with van der Waals surface area (Å²) in [5.74, 6) is 1.79. The molecule has 0 amide bonds. The molecule has 0 bridgehead atoms. The third-order valence-electron chi connectivity index (χ3n) is 2.76. The van der Waals surface area contributed by atoms with E-state index in [1.807, 2.05) is 24.3 Å². The summed E-state index contributed by atoms with van der Waals surface area (Å²) in [6.45, 7) is 0.576. The van der Waals surface area contributed by atoms with Crippen LogP contribution in [-0.2, 0) is 6.61 Å². The van der Waals surface area contributed by atoms with Crippen LogP contribution in [0.3, 0.4) is 0 Å². The van der Waals surface area contributed by atoms with Crippen molar-refractivity contribution in [2.45, 2.75) is 6.61 Å². The van der Waals surface area contributed by atoms with Gasteiger partial charge < -0.3 is 9.47 Å². The lowest BCUT2D eigenvalue weighted by Crippen LogP contribution is -2.13. The molecule has 0 N–H and O–H groups in total. The third kappa shape index (κ3) is 3.33. The predicted molar refractivity (Wildman–Crippen MR) is 80.1 cm³/mol. The Morgan fingerprint density at radius 2 is 1.50 bits per heavy atom. The molecule has 0 atom stereocenters. The van der Waals surface area contributed by atoms with Crippen molar-refractivity contribution in [1.82, 2.24) is 0 Å². The van der Waals surface area contributed by atoms with E-state index in [0.717, 1.165) is 17.1 Å². The quantitative estimate of drug-likeness (QED) is 0.686. The molecular formula is C14H16B2O2. The summed E-state index contributed by atoms with van der Waals surface area (Å²) in [5.41, 5.74) is 3.58. The Morgan fingerprint density at radius 3 is 2.06 bits per heavy atom. The Hall–Kier alpha value is -1.83. The first-order valence-corrected chi connectivity index (χ1v) is 6.01. The van der Waals surface area contributed by atoms with Crippen LogP contribution in [0, 0.1) is 0 Å². The molecule has 0 aliphatic heterocycles. The summed E-state index contributed by atoms with van der Waals surface area (Å²) in [6.07, 6.45) is 0. The number of rotatable bonds is 4. The molecule has 2 aromatic carbocycles. The highest BCUT2D eigenvalue weighted by Crippen LogP contribution is 2.13. The molecule has 4 heteroatoms. The van der Waals surface area contributed by atoms with E-state index in [0.29, 0.717) is 6.61 Å². The van der Waals surface area contributed by atoms with E-state index in [1.165, 1.54) is 10.9 Å². The van der Waals surface area contributed by atoms with Crippen LogP contribution in [0.2, 0.25) is 0 Å². The molecule has 90 valence electrons. The Labute approximate surface area is 110 Å². The minimum absolute atomic E-state index is 0.576. The second-order valence-corrected chi connectivity index (χ2v) is 4.46. The normalized spacial score (nSPS) is 10.1. The van der Waals surface area contributed by atoms with Crippen LogP contribution in [0.5, 0.6) is 11.5 Å². The largest absolute Gasteiger partial charge is 0.497 e.